The van der Waals surface area contributed by atoms with E-state index in [1.54, 1.807) is 0 Å². The maximum atomic E-state index is 13.0. The number of amides is 2. The Morgan fingerprint density at radius 2 is 1.38 bits per heavy atom. The monoisotopic (exact) mass is 391 g/mol. The predicted molar refractivity (Wildman–Crippen MR) is 112 cm³/mol. The summed E-state index contributed by atoms with van der Waals surface area (Å²) in [5.74, 6) is -1.22. The van der Waals surface area contributed by atoms with Gasteiger partial charge in [0.05, 0.1) is 0 Å². The lowest BCUT2D eigenvalue weighted by atomic mass is 9.87. The van der Waals surface area contributed by atoms with Gasteiger partial charge < -0.3 is 10.6 Å². The van der Waals surface area contributed by atoms with E-state index in [-0.39, 0.29) is 17.0 Å². The summed E-state index contributed by atoms with van der Waals surface area (Å²) in [6.07, 6.45) is 1.40. The molecule has 148 valence electrons. The molecular formula is C23H22FN3O2. The Bertz CT molecular complexity index is 1020. The van der Waals surface area contributed by atoms with Crippen LogP contribution in [0.4, 0.5) is 15.8 Å². The van der Waals surface area contributed by atoms with Crippen molar-refractivity contribution in [1.29, 1.82) is 0 Å². The molecule has 29 heavy (non-hydrogen) atoms. The number of anilines is 2. The SMILES string of the molecule is CC(C)(C)c1ccc(NC(=O)c2ccnc(C(=O)Nc3ccc(F)cc3)c2)cc1. The molecule has 0 unspecified atom stereocenters. The van der Waals surface area contributed by atoms with E-state index in [2.05, 4.69) is 36.4 Å². The van der Waals surface area contributed by atoms with Gasteiger partial charge in [0.15, 0.2) is 0 Å². The van der Waals surface area contributed by atoms with Crippen LogP contribution in [0.5, 0.6) is 0 Å². The molecule has 0 bridgehead atoms. The fourth-order valence-corrected chi connectivity index (χ4v) is 2.68. The lowest BCUT2D eigenvalue weighted by Crippen LogP contribution is -2.17. The van der Waals surface area contributed by atoms with Crippen molar-refractivity contribution in [2.75, 3.05) is 10.6 Å². The van der Waals surface area contributed by atoms with Crippen molar-refractivity contribution in [3.63, 3.8) is 0 Å². The van der Waals surface area contributed by atoms with Gasteiger partial charge in [-0.05, 0) is 59.5 Å². The van der Waals surface area contributed by atoms with E-state index >= 15 is 0 Å². The summed E-state index contributed by atoms with van der Waals surface area (Å²) in [6.45, 7) is 6.36. The summed E-state index contributed by atoms with van der Waals surface area (Å²) in [6, 6.07) is 16.0. The third-order valence-electron chi connectivity index (χ3n) is 4.37. The van der Waals surface area contributed by atoms with Crippen LogP contribution in [-0.4, -0.2) is 16.8 Å². The average Bonchev–Trinajstić information content (AvgIpc) is 2.69. The van der Waals surface area contributed by atoms with E-state index in [1.807, 2.05) is 24.3 Å². The normalized spacial score (nSPS) is 11.0. The highest BCUT2D eigenvalue weighted by Gasteiger charge is 2.15. The van der Waals surface area contributed by atoms with Crippen LogP contribution in [0.25, 0.3) is 0 Å². The first-order valence-corrected chi connectivity index (χ1v) is 9.17. The fraction of sp³-hybridized carbons (Fsp3) is 0.174. The van der Waals surface area contributed by atoms with Gasteiger partial charge in [0.2, 0.25) is 0 Å². The first kappa shape index (κ1) is 20.2. The number of halogens is 1. The van der Waals surface area contributed by atoms with Crippen LogP contribution in [-0.2, 0) is 5.41 Å². The first-order chi connectivity index (χ1) is 13.7. The van der Waals surface area contributed by atoms with Gasteiger partial charge >= 0.3 is 0 Å². The number of benzene rings is 2. The summed E-state index contributed by atoms with van der Waals surface area (Å²) in [4.78, 5) is 28.9. The van der Waals surface area contributed by atoms with Gasteiger partial charge in [0.1, 0.15) is 11.5 Å². The standard InChI is InChI=1S/C23H22FN3O2/c1-23(2,3)16-4-8-18(9-5-16)26-21(28)15-12-13-25-20(14-15)22(29)27-19-10-6-17(24)7-11-19/h4-14H,1-3H3,(H,26,28)(H,27,29). The number of rotatable bonds is 4. The number of hydrogen-bond donors (Lipinski definition) is 2. The topological polar surface area (TPSA) is 71.1 Å². The molecule has 1 aromatic heterocycles. The molecule has 1 heterocycles. The second kappa shape index (κ2) is 8.22. The minimum atomic E-state index is -0.485. The third-order valence-corrected chi connectivity index (χ3v) is 4.37. The summed E-state index contributed by atoms with van der Waals surface area (Å²) in [5.41, 5.74) is 2.69. The highest BCUT2D eigenvalue weighted by molar-refractivity contribution is 6.07. The third kappa shape index (κ3) is 5.25. The number of hydrogen-bond acceptors (Lipinski definition) is 3. The molecule has 0 radical (unpaired) electrons. The van der Waals surface area contributed by atoms with Gasteiger partial charge in [-0.2, -0.15) is 0 Å². The van der Waals surface area contributed by atoms with Crippen LogP contribution in [0.1, 0.15) is 47.2 Å². The Labute approximate surface area is 169 Å². The van der Waals surface area contributed by atoms with Crippen LogP contribution in [0, 0.1) is 5.82 Å². The van der Waals surface area contributed by atoms with Crippen LogP contribution in [0.15, 0.2) is 66.9 Å². The molecule has 5 nitrogen and oxygen atoms in total. The van der Waals surface area contributed by atoms with Crippen molar-refractivity contribution in [2.45, 2.75) is 26.2 Å². The summed E-state index contributed by atoms with van der Waals surface area (Å²) < 4.78 is 13.0. The molecular weight excluding hydrogens is 369 g/mol. The van der Waals surface area contributed by atoms with E-state index in [0.717, 1.165) is 0 Å². The molecule has 0 aliphatic heterocycles. The van der Waals surface area contributed by atoms with Gasteiger partial charge in [-0.3, -0.25) is 14.6 Å². The van der Waals surface area contributed by atoms with E-state index in [4.69, 9.17) is 0 Å². The van der Waals surface area contributed by atoms with Crippen molar-refractivity contribution in [3.8, 4) is 0 Å². The second-order valence-corrected chi connectivity index (χ2v) is 7.67. The molecule has 6 heteroatoms. The molecule has 0 fully saturated rings. The number of carbonyl (C=O) groups is 2. The van der Waals surface area contributed by atoms with Gasteiger partial charge in [0, 0.05) is 23.1 Å². The highest BCUT2D eigenvalue weighted by Crippen LogP contribution is 2.23. The quantitative estimate of drug-likeness (QED) is 0.656. The zero-order valence-electron chi connectivity index (χ0n) is 16.5. The Kier molecular flexibility index (Phi) is 5.73. The Morgan fingerprint density at radius 3 is 1.97 bits per heavy atom. The smallest absolute Gasteiger partial charge is 0.274 e. The largest absolute Gasteiger partial charge is 0.322 e. The van der Waals surface area contributed by atoms with Crippen molar-refractivity contribution < 1.29 is 14.0 Å². The van der Waals surface area contributed by atoms with Gasteiger partial charge in [0.25, 0.3) is 11.8 Å². The van der Waals surface area contributed by atoms with E-state index in [0.29, 0.717) is 16.9 Å². The molecule has 3 aromatic rings. The number of nitrogens with zero attached hydrogens (tertiary/aromatic N) is 1. The Morgan fingerprint density at radius 1 is 0.828 bits per heavy atom. The van der Waals surface area contributed by atoms with Crippen LogP contribution in [0.3, 0.4) is 0 Å². The molecule has 2 amide bonds. The molecule has 0 atom stereocenters. The number of nitrogens with one attached hydrogen (secondary N) is 2. The predicted octanol–water partition coefficient (Wildman–Crippen LogP) is 5.02. The van der Waals surface area contributed by atoms with Crippen molar-refractivity contribution in [1.82, 2.24) is 4.98 Å². The molecule has 0 saturated heterocycles. The van der Waals surface area contributed by atoms with Gasteiger partial charge in [-0.15, -0.1) is 0 Å². The molecule has 2 N–H and O–H groups in total. The first-order valence-electron chi connectivity index (χ1n) is 9.17. The Balaban J connectivity index is 1.70. The minimum absolute atomic E-state index is 0.0282. The minimum Gasteiger partial charge on any atom is -0.322 e. The zero-order chi connectivity index (χ0) is 21.0. The van der Waals surface area contributed by atoms with Gasteiger partial charge in [-0.25, -0.2) is 4.39 Å². The molecule has 3 rings (SSSR count). The number of pyridine rings is 1. The lowest BCUT2D eigenvalue weighted by molar-refractivity contribution is 0.102. The van der Waals surface area contributed by atoms with Crippen LogP contribution in [0.2, 0.25) is 0 Å². The van der Waals surface area contributed by atoms with E-state index in [9.17, 15) is 14.0 Å². The maximum Gasteiger partial charge on any atom is 0.274 e. The van der Waals surface area contributed by atoms with Crippen molar-refractivity contribution in [2.24, 2.45) is 0 Å². The average molecular weight is 391 g/mol. The summed E-state index contributed by atoms with van der Waals surface area (Å²) in [5, 5.41) is 5.44. The molecule has 0 aliphatic carbocycles. The number of aromatic nitrogens is 1. The lowest BCUT2D eigenvalue weighted by Gasteiger charge is -2.19. The highest BCUT2D eigenvalue weighted by atomic mass is 19.1. The second-order valence-electron chi connectivity index (χ2n) is 7.67. The molecule has 0 aliphatic rings. The molecule has 0 saturated carbocycles. The number of carbonyl (C=O) groups excluding carboxylic acids is 2. The van der Waals surface area contributed by atoms with Gasteiger partial charge in [-0.1, -0.05) is 32.9 Å². The Hall–Kier alpha value is -3.54. The van der Waals surface area contributed by atoms with E-state index in [1.165, 1.54) is 48.2 Å². The van der Waals surface area contributed by atoms with Crippen molar-refractivity contribution in [3.05, 3.63) is 89.5 Å². The van der Waals surface area contributed by atoms with E-state index < -0.39 is 11.7 Å². The summed E-state index contributed by atoms with van der Waals surface area (Å²) in [7, 11) is 0. The summed E-state index contributed by atoms with van der Waals surface area (Å²) >= 11 is 0. The van der Waals surface area contributed by atoms with Crippen LogP contribution < -0.4 is 10.6 Å². The molecule has 2 aromatic carbocycles. The maximum absolute atomic E-state index is 13.0. The van der Waals surface area contributed by atoms with Crippen LogP contribution >= 0.6 is 0 Å². The molecule has 0 spiro atoms. The zero-order valence-corrected chi connectivity index (χ0v) is 16.5. The van der Waals surface area contributed by atoms with Crippen molar-refractivity contribution >= 4 is 23.2 Å². The fourth-order valence-electron chi connectivity index (χ4n) is 2.68.